The highest BCUT2D eigenvalue weighted by molar-refractivity contribution is 5.85. The Morgan fingerprint density at radius 1 is 1.56 bits per heavy atom. The third kappa shape index (κ3) is 3.59. The van der Waals surface area contributed by atoms with Gasteiger partial charge < -0.3 is 9.64 Å². The molecule has 0 radical (unpaired) electrons. The Morgan fingerprint density at radius 2 is 2.17 bits per heavy atom. The van der Waals surface area contributed by atoms with E-state index in [-0.39, 0.29) is 24.4 Å². The topological polar surface area (TPSA) is 70.4 Å². The van der Waals surface area contributed by atoms with E-state index in [1.165, 1.54) is 6.08 Å². The van der Waals surface area contributed by atoms with Crippen LogP contribution in [0.5, 0.6) is 0 Å². The molecule has 1 aliphatic heterocycles. The maximum Gasteiger partial charge on any atom is 0.410 e. The molecule has 0 aliphatic carbocycles. The summed E-state index contributed by atoms with van der Waals surface area (Å²) in [5, 5.41) is 8.71. The average Bonchev–Trinajstić information content (AvgIpc) is 2.43. The summed E-state index contributed by atoms with van der Waals surface area (Å²) in [6.07, 6.45) is 2.36. The van der Waals surface area contributed by atoms with E-state index >= 15 is 0 Å². The van der Waals surface area contributed by atoms with Crippen molar-refractivity contribution in [2.24, 2.45) is 11.8 Å². The normalized spacial score (nSPS) is 17.7. The zero-order valence-electron chi connectivity index (χ0n) is 10.6. The fourth-order valence-electron chi connectivity index (χ4n) is 1.99. The molecule has 1 atom stereocenters. The van der Waals surface area contributed by atoms with E-state index < -0.39 is 5.92 Å². The number of Topliss-reactive ketones (excluding diaryl/α,β-unsaturated/α-hetero) is 1. The summed E-state index contributed by atoms with van der Waals surface area (Å²) in [7, 11) is 0. The lowest BCUT2D eigenvalue weighted by atomic mass is 9.87. The minimum absolute atomic E-state index is 0.0170. The first-order valence-corrected chi connectivity index (χ1v) is 6.06. The number of hydrogen-bond donors (Lipinski definition) is 0. The van der Waals surface area contributed by atoms with Gasteiger partial charge in [-0.05, 0) is 19.8 Å². The first-order chi connectivity index (χ1) is 8.60. The number of carbonyl (C=O) groups excluding carboxylic acids is 2. The molecule has 5 nitrogen and oxygen atoms in total. The molecule has 1 amide bonds. The van der Waals surface area contributed by atoms with Crippen LogP contribution in [0.2, 0.25) is 0 Å². The van der Waals surface area contributed by atoms with Crippen molar-refractivity contribution in [2.75, 3.05) is 19.7 Å². The second-order valence-corrected chi connectivity index (χ2v) is 4.38. The number of nitrogens with zero attached hydrogens (tertiary/aromatic N) is 2. The third-order valence-electron chi connectivity index (χ3n) is 3.10. The molecule has 1 saturated heterocycles. The minimum atomic E-state index is -0.561. The molecule has 98 valence electrons. The first-order valence-electron chi connectivity index (χ1n) is 6.06. The van der Waals surface area contributed by atoms with Gasteiger partial charge in [0.25, 0.3) is 0 Å². The van der Waals surface area contributed by atoms with Gasteiger partial charge in [-0.3, -0.25) is 4.79 Å². The maximum atomic E-state index is 11.8. The van der Waals surface area contributed by atoms with Crippen LogP contribution in [0, 0.1) is 23.2 Å². The lowest BCUT2D eigenvalue weighted by Gasteiger charge is -2.30. The Hall–Kier alpha value is -1.83. The highest BCUT2D eigenvalue weighted by atomic mass is 16.6. The number of rotatable bonds is 4. The van der Waals surface area contributed by atoms with Crippen LogP contribution < -0.4 is 0 Å². The Labute approximate surface area is 107 Å². The van der Waals surface area contributed by atoms with Crippen LogP contribution in [-0.2, 0) is 9.53 Å². The Bertz CT molecular complexity index is 365. The number of amides is 1. The van der Waals surface area contributed by atoms with E-state index in [1.54, 1.807) is 11.8 Å². The zero-order chi connectivity index (χ0) is 13.5. The summed E-state index contributed by atoms with van der Waals surface area (Å²) in [5.41, 5.74) is 0. The molecule has 0 spiro atoms. The second-order valence-electron chi connectivity index (χ2n) is 4.38. The smallest absolute Gasteiger partial charge is 0.410 e. The molecule has 5 heteroatoms. The van der Waals surface area contributed by atoms with Gasteiger partial charge in [0.15, 0.2) is 5.78 Å². The quantitative estimate of drug-likeness (QED) is 0.713. The van der Waals surface area contributed by atoms with Crippen LogP contribution >= 0.6 is 0 Å². The van der Waals surface area contributed by atoms with Crippen LogP contribution in [0.1, 0.15) is 19.8 Å². The summed E-state index contributed by atoms with van der Waals surface area (Å²) in [6.45, 7) is 6.30. The van der Waals surface area contributed by atoms with Gasteiger partial charge in [-0.1, -0.05) is 12.7 Å². The van der Waals surface area contributed by atoms with Gasteiger partial charge in [-0.2, -0.15) is 5.26 Å². The van der Waals surface area contributed by atoms with E-state index in [2.05, 4.69) is 6.58 Å². The van der Waals surface area contributed by atoms with Crippen LogP contribution in [0.3, 0.4) is 0 Å². The van der Waals surface area contributed by atoms with Gasteiger partial charge in [0, 0.05) is 19.0 Å². The highest BCUT2D eigenvalue weighted by Crippen LogP contribution is 2.21. The number of ketones is 1. The summed E-state index contributed by atoms with van der Waals surface area (Å²) >= 11 is 0. The Balaban J connectivity index is 2.41. The Kier molecular flexibility index (Phi) is 5.37. The van der Waals surface area contributed by atoms with Gasteiger partial charge in [0.1, 0.15) is 12.5 Å². The highest BCUT2D eigenvalue weighted by Gasteiger charge is 2.30. The van der Waals surface area contributed by atoms with Crippen molar-refractivity contribution < 1.29 is 14.3 Å². The standard InChI is InChI=1S/C13H18N2O3/c1-3-8-18-13(17)15-6-4-11(5-7-15)12(16)10(2)9-14/h3,10-11H,1,4-8H2,2H3. The number of piperidine rings is 1. The molecule has 18 heavy (non-hydrogen) atoms. The summed E-state index contributed by atoms with van der Waals surface area (Å²) in [4.78, 5) is 24.9. The average molecular weight is 250 g/mol. The number of ether oxygens (including phenoxy) is 1. The molecule has 1 rings (SSSR count). The first kappa shape index (κ1) is 14.2. The molecule has 1 unspecified atom stereocenters. The fourth-order valence-corrected chi connectivity index (χ4v) is 1.99. The molecular formula is C13H18N2O3. The molecule has 1 heterocycles. The molecule has 0 bridgehead atoms. The van der Waals surface area contributed by atoms with E-state index in [1.807, 2.05) is 6.07 Å². The van der Waals surface area contributed by atoms with E-state index in [0.29, 0.717) is 25.9 Å². The van der Waals surface area contributed by atoms with Crippen molar-refractivity contribution in [1.29, 1.82) is 5.26 Å². The van der Waals surface area contributed by atoms with Crippen LogP contribution in [-0.4, -0.2) is 36.5 Å². The number of likely N-dealkylation sites (tertiary alicyclic amines) is 1. The molecule has 0 aromatic heterocycles. The molecular weight excluding hydrogens is 232 g/mol. The molecule has 0 saturated carbocycles. The molecule has 0 aromatic rings. The van der Waals surface area contributed by atoms with Gasteiger partial charge in [0.2, 0.25) is 0 Å². The SMILES string of the molecule is C=CCOC(=O)N1CCC(C(=O)C(C)C#N)CC1. The number of nitriles is 1. The second kappa shape index (κ2) is 6.80. The molecule has 0 aromatic carbocycles. The van der Waals surface area contributed by atoms with Crippen molar-refractivity contribution >= 4 is 11.9 Å². The van der Waals surface area contributed by atoms with E-state index in [4.69, 9.17) is 10.00 Å². The lowest BCUT2D eigenvalue weighted by molar-refractivity contribution is -0.126. The van der Waals surface area contributed by atoms with Gasteiger partial charge in [0.05, 0.1) is 6.07 Å². The monoisotopic (exact) mass is 250 g/mol. The van der Waals surface area contributed by atoms with Gasteiger partial charge >= 0.3 is 6.09 Å². The molecule has 1 aliphatic rings. The summed E-state index contributed by atoms with van der Waals surface area (Å²) in [5.74, 6) is -0.686. The maximum absolute atomic E-state index is 11.8. The van der Waals surface area contributed by atoms with E-state index in [9.17, 15) is 9.59 Å². The van der Waals surface area contributed by atoms with Crippen LogP contribution in [0.4, 0.5) is 4.79 Å². The number of carbonyl (C=O) groups is 2. The van der Waals surface area contributed by atoms with Crippen LogP contribution in [0.25, 0.3) is 0 Å². The van der Waals surface area contributed by atoms with Gasteiger partial charge in [-0.25, -0.2) is 4.79 Å². The summed E-state index contributed by atoms with van der Waals surface area (Å²) in [6, 6.07) is 1.96. The van der Waals surface area contributed by atoms with Crippen molar-refractivity contribution in [3.63, 3.8) is 0 Å². The summed E-state index contributed by atoms with van der Waals surface area (Å²) < 4.78 is 4.93. The predicted molar refractivity (Wildman–Crippen MR) is 65.6 cm³/mol. The lowest BCUT2D eigenvalue weighted by Crippen LogP contribution is -2.41. The third-order valence-corrected chi connectivity index (χ3v) is 3.10. The predicted octanol–water partition coefficient (Wildman–Crippen LogP) is 1.75. The fraction of sp³-hybridized carbons (Fsp3) is 0.615. The van der Waals surface area contributed by atoms with Crippen molar-refractivity contribution in [2.45, 2.75) is 19.8 Å². The minimum Gasteiger partial charge on any atom is -0.445 e. The van der Waals surface area contributed by atoms with Crippen LogP contribution in [0.15, 0.2) is 12.7 Å². The largest absolute Gasteiger partial charge is 0.445 e. The zero-order valence-corrected chi connectivity index (χ0v) is 10.6. The van der Waals surface area contributed by atoms with E-state index in [0.717, 1.165) is 0 Å². The Morgan fingerprint density at radius 3 is 2.67 bits per heavy atom. The van der Waals surface area contributed by atoms with Gasteiger partial charge in [-0.15, -0.1) is 0 Å². The van der Waals surface area contributed by atoms with Crippen molar-refractivity contribution in [3.05, 3.63) is 12.7 Å². The van der Waals surface area contributed by atoms with Crippen molar-refractivity contribution in [1.82, 2.24) is 4.90 Å². The molecule has 0 N–H and O–H groups in total. The number of hydrogen-bond acceptors (Lipinski definition) is 4. The van der Waals surface area contributed by atoms with Crippen molar-refractivity contribution in [3.8, 4) is 6.07 Å². The molecule has 1 fully saturated rings.